The molecule has 13 heavy (non-hydrogen) atoms. The maximum absolute atomic E-state index is 8.97. The average Bonchev–Trinajstić information content (AvgIpc) is 2.85. The number of rotatable bonds is 2. The molecule has 0 heterocycles. The molecule has 68 valence electrons. The van der Waals surface area contributed by atoms with E-state index in [9.17, 15) is 0 Å². The van der Waals surface area contributed by atoms with Crippen LogP contribution in [-0.4, -0.2) is 17.2 Å². The summed E-state index contributed by atoms with van der Waals surface area (Å²) in [7, 11) is -1.42. The van der Waals surface area contributed by atoms with Gasteiger partial charge >= 0.3 is 7.12 Å². The van der Waals surface area contributed by atoms with Crippen molar-refractivity contribution in [3.63, 3.8) is 0 Å². The number of hydrogen-bond donors (Lipinski definition) is 2. The fraction of sp³-hybridized carbons (Fsp3) is 0.333. The summed E-state index contributed by atoms with van der Waals surface area (Å²) in [6.07, 6.45) is 2.36. The highest BCUT2D eigenvalue weighted by Crippen LogP contribution is 2.40. The Morgan fingerprint density at radius 2 is 1.92 bits per heavy atom. The Kier molecular flexibility index (Phi) is 2.32. The maximum atomic E-state index is 8.97. The molecular weight excluding hydrogens is 186 g/mol. The van der Waals surface area contributed by atoms with Crippen LogP contribution in [0.3, 0.4) is 0 Å². The molecule has 0 bridgehead atoms. The minimum absolute atomic E-state index is 0.481. The Bertz CT molecular complexity index is 303. The molecule has 0 unspecified atom stereocenters. The van der Waals surface area contributed by atoms with E-state index in [4.69, 9.17) is 21.6 Å². The van der Waals surface area contributed by atoms with Gasteiger partial charge in [0.05, 0.1) is 0 Å². The number of hydrogen-bond acceptors (Lipinski definition) is 2. The summed E-state index contributed by atoms with van der Waals surface area (Å²) in [6, 6.07) is 5.29. The van der Waals surface area contributed by atoms with Crippen LogP contribution in [-0.2, 0) is 0 Å². The molecule has 0 saturated heterocycles. The second-order valence-electron chi connectivity index (χ2n) is 3.47. The molecular formula is C9H10BClO2. The normalized spacial score (nSPS) is 15.9. The predicted molar refractivity (Wildman–Crippen MR) is 53.3 cm³/mol. The molecule has 0 amide bonds. The summed E-state index contributed by atoms with van der Waals surface area (Å²) in [5.41, 5.74) is 1.60. The predicted octanol–water partition coefficient (Wildman–Crippen LogP) is 0.897. The molecule has 1 fully saturated rings. The van der Waals surface area contributed by atoms with Gasteiger partial charge in [-0.2, -0.15) is 0 Å². The van der Waals surface area contributed by atoms with Crippen LogP contribution < -0.4 is 5.46 Å². The maximum Gasteiger partial charge on any atom is 0.488 e. The van der Waals surface area contributed by atoms with E-state index in [-0.39, 0.29) is 0 Å². The minimum Gasteiger partial charge on any atom is -0.423 e. The minimum atomic E-state index is -1.42. The van der Waals surface area contributed by atoms with Gasteiger partial charge in [0.2, 0.25) is 0 Å². The summed E-state index contributed by atoms with van der Waals surface area (Å²) in [5, 5.41) is 18.5. The first-order chi connectivity index (χ1) is 6.16. The van der Waals surface area contributed by atoms with E-state index in [1.165, 1.54) is 12.8 Å². The van der Waals surface area contributed by atoms with E-state index < -0.39 is 7.12 Å². The van der Waals surface area contributed by atoms with Crippen molar-refractivity contribution in [2.45, 2.75) is 18.8 Å². The summed E-state index contributed by atoms with van der Waals surface area (Å²) >= 11 is 5.84. The highest BCUT2D eigenvalue weighted by atomic mass is 35.5. The van der Waals surface area contributed by atoms with Gasteiger partial charge in [-0.15, -0.1) is 0 Å². The molecule has 0 radical (unpaired) electrons. The Morgan fingerprint density at radius 3 is 2.46 bits per heavy atom. The summed E-state index contributed by atoms with van der Waals surface area (Å²) in [4.78, 5) is 0. The molecule has 2 N–H and O–H groups in total. The van der Waals surface area contributed by atoms with Gasteiger partial charge in [0.1, 0.15) is 0 Å². The van der Waals surface area contributed by atoms with Gasteiger partial charge in [-0.1, -0.05) is 17.7 Å². The van der Waals surface area contributed by atoms with Gasteiger partial charge in [0.15, 0.2) is 0 Å². The standard InChI is InChI=1S/C9H10BClO2/c11-9-4-7(6-1-2-6)3-8(5-9)10(12)13/h3-6,12-13H,1-2H2. The zero-order valence-corrected chi connectivity index (χ0v) is 7.83. The van der Waals surface area contributed by atoms with Crippen molar-refractivity contribution in [2.24, 2.45) is 0 Å². The van der Waals surface area contributed by atoms with Crippen LogP contribution in [0.5, 0.6) is 0 Å². The van der Waals surface area contributed by atoms with Crippen molar-refractivity contribution in [3.05, 3.63) is 28.8 Å². The second-order valence-corrected chi connectivity index (χ2v) is 3.90. The van der Waals surface area contributed by atoms with Crippen molar-refractivity contribution < 1.29 is 10.0 Å². The number of halogens is 1. The van der Waals surface area contributed by atoms with Crippen molar-refractivity contribution in [3.8, 4) is 0 Å². The quantitative estimate of drug-likeness (QED) is 0.690. The van der Waals surface area contributed by atoms with Crippen LogP contribution in [0.1, 0.15) is 24.3 Å². The molecule has 0 atom stereocenters. The van der Waals surface area contributed by atoms with E-state index in [0.29, 0.717) is 16.4 Å². The summed E-state index contributed by atoms with van der Waals surface area (Å²) < 4.78 is 0. The molecule has 0 aliphatic heterocycles. The van der Waals surface area contributed by atoms with Gasteiger partial charge in [-0.25, -0.2) is 0 Å². The molecule has 1 saturated carbocycles. The lowest BCUT2D eigenvalue weighted by Crippen LogP contribution is -2.30. The fourth-order valence-corrected chi connectivity index (χ4v) is 1.69. The van der Waals surface area contributed by atoms with Gasteiger partial charge < -0.3 is 10.0 Å². The molecule has 0 spiro atoms. The van der Waals surface area contributed by atoms with E-state index in [1.807, 2.05) is 12.1 Å². The van der Waals surface area contributed by atoms with Gasteiger partial charge in [-0.05, 0) is 41.9 Å². The Morgan fingerprint density at radius 1 is 1.23 bits per heavy atom. The van der Waals surface area contributed by atoms with Gasteiger partial charge in [0, 0.05) is 5.02 Å². The van der Waals surface area contributed by atoms with Crippen molar-refractivity contribution in [1.29, 1.82) is 0 Å². The lowest BCUT2D eigenvalue weighted by molar-refractivity contribution is 0.425. The monoisotopic (exact) mass is 196 g/mol. The zero-order chi connectivity index (χ0) is 9.42. The SMILES string of the molecule is OB(O)c1cc(Cl)cc(C2CC2)c1. The average molecular weight is 196 g/mol. The van der Waals surface area contributed by atoms with Crippen molar-refractivity contribution in [2.75, 3.05) is 0 Å². The van der Waals surface area contributed by atoms with Gasteiger partial charge in [0.25, 0.3) is 0 Å². The molecule has 2 nitrogen and oxygen atoms in total. The highest BCUT2D eigenvalue weighted by Gasteiger charge is 2.25. The summed E-state index contributed by atoms with van der Waals surface area (Å²) in [6.45, 7) is 0. The third-order valence-electron chi connectivity index (χ3n) is 2.29. The zero-order valence-electron chi connectivity index (χ0n) is 7.07. The van der Waals surface area contributed by atoms with Crippen LogP contribution in [0, 0.1) is 0 Å². The third-order valence-corrected chi connectivity index (χ3v) is 2.51. The third kappa shape index (κ3) is 2.05. The van der Waals surface area contributed by atoms with Crippen molar-refractivity contribution >= 4 is 24.2 Å². The van der Waals surface area contributed by atoms with Crippen LogP contribution in [0.25, 0.3) is 0 Å². The van der Waals surface area contributed by atoms with E-state index in [1.54, 1.807) is 6.07 Å². The molecule has 0 aromatic heterocycles. The molecule has 1 aliphatic rings. The van der Waals surface area contributed by atoms with Crippen LogP contribution in [0.4, 0.5) is 0 Å². The second kappa shape index (κ2) is 3.33. The van der Waals surface area contributed by atoms with E-state index in [2.05, 4.69) is 0 Å². The largest absolute Gasteiger partial charge is 0.488 e. The summed E-state index contributed by atoms with van der Waals surface area (Å²) in [5.74, 6) is 0.580. The molecule has 1 aromatic carbocycles. The lowest BCUT2D eigenvalue weighted by Gasteiger charge is -2.04. The first kappa shape index (κ1) is 9.07. The lowest BCUT2D eigenvalue weighted by atomic mass is 9.79. The van der Waals surface area contributed by atoms with E-state index >= 15 is 0 Å². The van der Waals surface area contributed by atoms with Crippen LogP contribution >= 0.6 is 11.6 Å². The smallest absolute Gasteiger partial charge is 0.423 e. The molecule has 1 aromatic rings. The highest BCUT2D eigenvalue weighted by molar-refractivity contribution is 6.59. The molecule has 4 heteroatoms. The fourth-order valence-electron chi connectivity index (χ4n) is 1.44. The van der Waals surface area contributed by atoms with E-state index in [0.717, 1.165) is 5.56 Å². The van der Waals surface area contributed by atoms with Crippen LogP contribution in [0.15, 0.2) is 18.2 Å². The van der Waals surface area contributed by atoms with Crippen LogP contribution in [0.2, 0.25) is 5.02 Å². The first-order valence-electron chi connectivity index (χ1n) is 4.33. The molecule has 2 rings (SSSR count). The molecule has 1 aliphatic carbocycles. The Balaban J connectivity index is 2.36. The van der Waals surface area contributed by atoms with Crippen molar-refractivity contribution in [1.82, 2.24) is 0 Å². The van der Waals surface area contributed by atoms with Gasteiger partial charge in [-0.3, -0.25) is 0 Å². The Hall–Kier alpha value is -0.505. The topological polar surface area (TPSA) is 40.5 Å². The first-order valence-corrected chi connectivity index (χ1v) is 4.71. The number of benzene rings is 1. The Labute approximate surface area is 82.3 Å².